The molecule has 0 bridgehead atoms. The van der Waals surface area contributed by atoms with Gasteiger partial charge in [-0.15, -0.1) is 0 Å². The number of anilines is 1. The first kappa shape index (κ1) is 17.7. The van der Waals surface area contributed by atoms with Crippen molar-refractivity contribution in [2.75, 3.05) is 5.73 Å². The van der Waals surface area contributed by atoms with Gasteiger partial charge in [-0.1, -0.05) is 12.1 Å². The maximum absolute atomic E-state index is 12.1. The summed E-state index contributed by atoms with van der Waals surface area (Å²) >= 11 is 0. The van der Waals surface area contributed by atoms with E-state index in [2.05, 4.69) is 15.3 Å². The number of nitrogens with one attached hydrogen (secondary N) is 1. The number of nitrogen functional groups attached to an aromatic ring is 1. The molecule has 2 rings (SSSR count). The van der Waals surface area contributed by atoms with Crippen LogP contribution >= 0.6 is 0 Å². The second-order valence-electron chi connectivity index (χ2n) is 6.01. The van der Waals surface area contributed by atoms with Gasteiger partial charge in [0.15, 0.2) is 11.5 Å². The zero-order valence-corrected chi connectivity index (χ0v) is 14.3. The quantitative estimate of drug-likeness (QED) is 0.815. The Morgan fingerprint density at radius 2 is 1.83 bits per heavy atom. The Bertz CT molecular complexity index is 671. The van der Waals surface area contributed by atoms with E-state index in [4.69, 9.17) is 10.5 Å². The lowest BCUT2D eigenvalue weighted by molar-refractivity contribution is 0.0934. The number of rotatable bonds is 7. The van der Waals surface area contributed by atoms with Crippen LogP contribution in [0.2, 0.25) is 0 Å². The topological polar surface area (TPSA) is 90.1 Å². The average Bonchev–Trinajstić information content (AvgIpc) is 2.54. The third kappa shape index (κ3) is 5.22. The molecule has 6 nitrogen and oxygen atoms in total. The van der Waals surface area contributed by atoms with Gasteiger partial charge in [0.1, 0.15) is 5.75 Å². The Hall–Kier alpha value is -2.63. The summed E-state index contributed by atoms with van der Waals surface area (Å²) < 4.78 is 5.63. The molecule has 0 fully saturated rings. The van der Waals surface area contributed by atoms with Crippen LogP contribution in [-0.4, -0.2) is 28.0 Å². The number of aromatic nitrogens is 2. The number of benzene rings is 1. The molecule has 0 aliphatic heterocycles. The smallest absolute Gasteiger partial charge is 0.273 e. The van der Waals surface area contributed by atoms with Crippen LogP contribution < -0.4 is 15.8 Å². The predicted molar refractivity (Wildman–Crippen MR) is 93.9 cm³/mol. The fourth-order valence-corrected chi connectivity index (χ4v) is 2.28. The molecule has 0 spiro atoms. The first-order valence-electron chi connectivity index (χ1n) is 8.08. The van der Waals surface area contributed by atoms with Crippen molar-refractivity contribution >= 4 is 11.7 Å². The third-order valence-electron chi connectivity index (χ3n) is 3.48. The van der Waals surface area contributed by atoms with Crippen LogP contribution in [0.1, 0.15) is 43.2 Å². The zero-order chi connectivity index (χ0) is 17.5. The molecule has 1 heterocycles. The van der Waals surface area contributed by atoms with Crippen LogP contribution in [0.5, 0.6) is 5.75 Å². The van der Waals surface area contributed by atoms with Gasteiger partial charge in [0.05, 0.1) is 6.10 Å². The summed E-state index contributed by atoms with van der Waals surface area (Å²) in [7, 11) is 0. The second kappa shape index (κ2) is 8.29. The molecule has 3 N–H and O–H groups in total. The van der Waals surface area contributed by atoms with Crippen molar-refractivity contribution in [1.82, 2.24) is 15.3 Å². The summed E-state index contributed by atoms with van der Waals surface area (Å²) in [5.41, 5.74) is 7.03. The Morgan fingerprint density at radius 3 is 2.46 bits per heavy atom. The fourth-order valence-electron chi connectivity index (χ4n) is 2.28. The number of carbonyl (C=O) groups excluding carboxylic acids is 1. The Labute approximate surface area is 142 Å². The van der Waals surface area contributed by atoms with Gasteiger partial charge in [-0.2, -0.15) is 0 Å². The number of ether oxygens (including phenoxy) is 1. The molecule has 0 aliphatic carbocycles. The molecule has 0 radical (unpaired) electrons. The second-order valence-corrected chi connectivity index (χ2v) is 6.01. The summed E-state index contributed by atoms with van der Waals surface area (Å²) in [4.78, 5) is 20.0. The molecule has 1 atom stereocenters. The number of hydrogen-bond donors (Lipinski definition) is 2. The lowest BCUT2D eigenvalue weighted by atomic mass is 10.1. The predicted octanol–water partition coefficient (Wildman–Crippen LogP) is 2.60. The van der Waals surface area contributed by atoms with E-state index in [9.17, 15) is 4.79 Å². The first-order valence-corrected chi connectivity index (χ1v) is 8.08. The minimum Gasteiger partial charge on any atom is -0.491 e. The number of carbonyl (C=O) groups is 1. The van der Waals surface area contributed by atoms with Crippen LogP contribution in [0.15, 0.2) is 36.7 Å². The Morgan fingerprint density at radius 1 is 1.17 bits per heavy atom. The number of aryl methyl sites for hydroxylation is 1. The minimum atomic E-state index is -0.297. The maximum atomic E-state index is 12.1. The van der Waals surface area contributed by atoms with Crippen LogP contribution in [0.4, 0.5) is 5.82 Å². The average molecular weight is 328 g/mol. The van der Waals surface area contributed by atoms with Gasteiger partial charge in [-0.3, -0.25) is 4.79 Å². The molecule has 6 heteroatoms. The highest BCUT2D eigenvalue weighted by molar-refractivity contribution is 5.96. The SMILES string of the molecule is CC(CCc1ccc(OC(C)C)cc1)NC(=O)c1nccnc1N. The third-order valence-corrected chi connectivity index (χ3v) is 3.48. The molecule has 0 aliphatic rings. The van der Waals surface area contributed by atoms with Gasteiger partial charge in [-0.25, -0.2) is 9.97 Å². The maximum Gasteiger partial charge on any atom is 0.273 e. The zero-order valence-electron chi connectivity index (χ0n) is 14.3. The number of amides is 1. The molecule has 1 aromatic heterocycles. The van der Waals surface area contributed by atoms with Gasteiger partial charge in [0, 0.05) is 18.4 Å². The number of nitrogens with zero attached hydrogens (tertiary/aromatic N) is 2. The van der Waals surface area contributed by atoms with Crippen molar-refractivity contribution in [2.45, 2.75) is 45.8 Å². The van der Waals surface area contributed by atoms with E-state index >= 15 is 0 Å². The van der Waals surface area contributed by atoms with Crippen molar-refractivity contribution in [3.05, 3.63) is 47.9 Å². The van der Waals surface area contributed by atoms with Crippen LogP contribution in [-0.2, 0) is 6.42 Å². The Kier molecular flexibility index (Phi) is 6.12. The molecule has 128 valence electrons. The molecule has 24 heavy (non-hydrogen) atoms. The van der Waals surface area contributed by atoms with Crippen LogP contribution in [0, 0.1) is 0 Å². The summed E-state index contributed by atoms with van der Waals surface area (Å²) in [6.45, 7) is 5.96. The molecular formula is C18H24N4O2. The molecular weight excluding hydrogens is 304 g/mol. The molecule has 1 aromatic carbocycles. The standard InChI is InChI=1S/C18H24N4O2/c1-12(2)24-15-8-6-14(7-9-15)5-4-13(3)22-18(23)16-17(19)21-11-10-20-16/h6-13H,4-5H2,1-3H3,(H2,19,21)(H,22,23). The lowest BCUT2D eigenvalue weighted by Gasteiger charge is -2.14. The highest BCUT2D eigenvalue weighted by Gasteiger charge is 2.14. The lowest BCUT2D eigenvalue weighted by Crippen LogP contribution is -2.34. The van der Waals surface area contributed by atoms with Crippen LogP contribution in [0.25, 0.3) is 0 Å². The normalized spacial score (nSPS) is 12.0. The highest BCUT2D eigenvalue weighted by Crippen LogP contribution is 2.15. The van der Waals surface area contributed by atoms with E-state index in [1.165, 1.54) is 18.0 Å². The van der Waals surface area contributed by atoms with E-state index in [0.29, 0.717) is 0 Å². The number of nitrogens with two attached hydrogens (primary N) is 1. The summed E-state index contributed by atoms with van der Waals surface area (Å²) in [6.07, 6.45) is 4.76. The largest absolute Gasteiger partial charge is 0.491 e. The molecule has 0 saturated carbocycles. The van der Waals surface area contributed by atoms with Crippen molar-refractivity contribution in [2.24, 2.45) is 0 Å². The summed E-state index contributed by atoms with van der Waals surface area (Å²) in [6, 6.07) is 8.04. The van der Waals surface area contributed by atoms with E-state index in [1.807, 2.05) is 45.0 Å². The minimum absolute atomic E-state index is 0.00509. The monoisotopic (exact) mass is 328 g/mol. The first-order chi connectivity index (χ1) is 11.5. The van der Waals surface area contributed by atoms with Gasteiger partial charge in [0.2, 0.25) is 0 Å². The highest BCUT2D eigenvalue weighted by atomic mass is 16.5. The van der Waals surface area contributed by atoms with Gasteiger partial charge in [-0.05, 0) is 51.3 Å². The van der Waals surface area contributed by atoms with Crippen molar-refractivity contribution in [3.8, 4) is 5.75 Å². The molecule has 1 amide bonds. The molecule has 2 aromatic rings. The van der Waals surface area contributed by atoms with Crippen LogP contribution in [0.3, 0.4) is 0 Å². The van der Waals surface area contributed by atoms with Gasteiger partial charge >= 0.3 is 0 Å². The van der Waals surface area contributed by atoms with E-state index in [-0.39, 0.29) is 29.6 Å². The van der Waals surface area contributed by atoms with Gasteiger partial charge < -0.3 is 15.8 Å². The van der Waals surface area contributed by atoms with E-state index in [0.717, 1.165) is 18.6 Å². The van der Waals surface area contributed by atoms with Crippen molar-refractivity contribution in [1.29, 1.82) is 0 Å². The van der Waals surface area contributed by atoms with Gasteiger partial charge in [0.25, 0.3) is 5.91 Å². The van der Waals surface area contributed by atoms with Crippen molar-refractivity contribution < 1.29 is 9.53 Å². The summed E-state index contributed by atoms with van der Waals surface area (Å²) in [5.74, 6) is 0.713. The fraction of sp³-hybridized carbons (Fsp3) is 0.389. The summed E-state index contributed by atoms with van der Waals surface area (Å²) in [5, 5.41) is 2.90. The molecule has 1 unspecified atom stereocenters. The Balaban J connectivity index is 1.83. The number of hydrogen-bond acceptors (Lipinski definition) is 5. The molecule has 0 saturated heterocycles. The van der Waals surface area contributed by atoms with E-state index < -0.39 is 0 Å². The van der Waals surface area contributed by atoms with E-state index in [1.54, 1.807) is 0 Å². The van der Waals surface area contributed by atoms with Crippen molar-refractivity contribution in [3.63, 3.8) is 0 Å².